The van der Waals surface area contributed by atoms with Crippen LogP contribution in [-0.4, -0.2) is 18.2 Å². The van der Waals surface area contributed by atoms with E-state index in [1.165, 1.54) is 6.42 Å². The molecule has 0 spiro atoms. The van der Waals surface area contributed by atoms with Crippen molar-refractivity contribution in [3.63, 3.8) is 0 Å². The summed E-state index contributed by atoms with van der Waals surface area (Å²) in [5.74, 6) is 1.13. The fourth-order valence-electron chi connectivity index (χ4n) is 2.94. The summed E-state index contributed by atoms with van der Waals surface area (Å²) >= 11 is 0. The molecule has 1 N–H and O–H groups in total. The molecule has 0 bridgehead atoms. The van der Waals surface area contributed by atoms with Gasteiger partial charge in [0.15, 0.2) is 6.61 Å². The zero-order chi connectivity index (χ0) is 16.1. The van der Waals surface area contributed by atoms with Crippen LogP contribution in [0.3, 0.4) is 0 Å². The minimum absolute atomic E-state index is 0.0231. The molecular weight excluding hydrogens is 288 g/mol. The molecule has 120 valence electrons. The van der Waals surface area contributed by atoms with Gasteiger partial charge in [0, 0.05) is 5.71 Å². The van der Waals surface area contributed by atoms with Gasteiger partial charge in [-0.3, -0.25) is 4.79 Å². The van der Waals surface area contributed by atoms with Crippen LogP contribution >= 0.6 is 0 Å². The molecule has 1 saturated carbocycles. The monoisotopic (exact) mass is 310 g/mol. The summed E-state index contributed by atoms with van der Waals surface area (Å²) in [4.78, 5) is 11.9. The summed E-state index contributed by atoms with van der Waals surface area (Å²) in [5, 5.41) is 6.49. The second kappa shape index (κ2) is 7.27. The zero-order valence-electron chi connectivity index (χ0n) is 13.4. The van der Waals surface area contributed by atoms with Gasteiger partial charge in [-0.15, -0.1) is 0 Å². The van der Waals surface area contributed by atoms with E-state index in [0.29, 0.717) is 11.7 Å². The van der Waals surface area contributed by atoms with Crippen LogP contribution in [0.4, 0.5) is 0 Å². The number of hydrazone groups is 1. The lowest BCUT2D eigenvalue weighted by molar-refractivity contribution is -0.123. The molecule has 4 nitrogen and oxygen atoms in total. The van der Waals surface area contributed by atoms with Crippen molar-refractivity contribution in [2.45, 2.75) is 32.6 Å². The number of carbonyl (C=O) groups is 1. The Morgan fingerprint density at radius 1 is 1.26 bits per heavy atom. The van der Waals surface area contributed by atoms with Gasteiger partial charge in [-0.05, 0) is 54.5 Å². The average molecular weight is 310 g/mol. The molecule has 3 rings (SSSR count). The third-order valence-corrected chi connectivity index (χ3v) is 4.18. The molecule has 1 aliphatic rings. The first-order chi connectivity index (χ1) is 11.2. The van der Waals surface area contributed by atoms with Crippen molar-refractivity contribution in [1.82, 2.24) is 5.43 Å². The van der Waals surface area contributed by atoms with Crippen molar-refractivity contribution in [2.75, 3.05) is 6.61 Å². The van der Waals surface area contributed by atoms with E-state index in [1.807, 2.05) is 42.5 Å². The number of fused-ring (bicyclic) bond motifs is 1. The Morgan fingerprint density at radius 3 is 2.91 bits per heavy atom. The molecule has 0 aromatic heterocycles. The molecule has 4 heteroatoms. The number of nitrogens with one attached hydrogen (secondary N) is 1. The summed E-state index contributed by atoms with van der Waals surface area (Å²) < 4.78 is 5.56. The van der Waals surface area contributed by atoms with Gasteiger partial charge in [-0.1, -0.05) is 37.3 Å². The van der Waals surface area contributed by atoms with Gasteiger partial charge in [0.2, 0.25) is 0 Å². The third-order valence-electron chi connectivity index (χ3n) is 4.18. The third kappa shape index (κ3) is 4.31. The second-order valence-corrected chi connectivity index (χ2v) is 6.21. The van der Waals surface area contributed by atoms with E-state index in [2.05, 4.69) is 17.5 Å². The van der Waals surface area contributed by atoms with Gasteiger partial charge < -0.3 is 4.74 Å². The Balaban J connectivity index is 1.52. The van der Waals surface area contributed by atoms with Crippen LogP contribution in [-0.2, 0) is 4.79 Å². The number of benzene rings is 2. The van der Waals surface area contributed by atoms with Crippen LogP contribution < -0.4 is 10.2 Å². The standard InChI is InChI=1S/C19H22N2O2/c1-14-5-4-8-17(11-14)20-21-19(22)13-23-18-10-9-15-6-2-3-7-16(15)12-18/h2-3,6-7,9-10,12,14H,4-5,8,11,13H2,1H3,(H,21,22)/b20-17-/t14-/m0/s1. The first-order valence-electron chi connectivity index (χ1n) is 8.16. The minimum Gasteiger partial charge on any atom is -0.484 e. The minimum atomic E-state index is -0.219. The summed E-state index contributed by atoms with van der Waals surface area (Å²) in [6, 6.07) is 13.9. The van der Waals surface area contributed by atoms with Crippen molar-refractivity contribution in [1.29, 1.82) is 0 Å². The molecule has 2 aromatic rings. The van der Waals surface area contributed by atoms with Crippen LogP contribution in [0.25, 0.3) is 10.8 Å². The molecule has 1 fully saturated rings. The van der Waals surface area contributed by atoms with Crippen LogP contribution in [0.5, 0.6) is 5.75 Å². The maximum absolute atomic E-state index is 11.9. The molecule has 23 heavy (non-hydrogen) atoms. The van der Waals surface area contributed by atoms with Crippen LogP contribution in [0.1, 0.15) is 32.6 Å². The first-order valence-corrected chi connectivity index (χ1v) is 8.16. The first kappa shape index (κ1) is 15.5. The summed E-state index contributed by atoms with van der Waals surface area (Å²) in [6.07, 6.45) is 4.36. The fraction of sp³-hybridized carbons (Fsp3) is 0.368. The number of rotatable bonds is 4. The average Bonchev–Trinajstić information content (AvgIpc) is 2.58. The van der Waals surface area contributed by atoms with Gasteiger partial charge in [0.05, 0.1) is 0 Å². The number of nitrogens with zero attached hydrogens (tertiary/aromatic N) is 1. The van der Waals surface area contributed by atoms with Gasteiger partial charge in [-0.25, -0.2) is 5.43 Å². The van der Waals surface area contributed by atoms with Gasteiger partial charge >= 0.3 is 0 Å². The van der Waals surface area contributed by atoms with E-state index in [9.17, 15) is 4.79 Å². The van der Waals surface area contributed by atoms with Crippen molar-refractivity contribution in [3.8, 4) is 5.75 Å². The Hall–Kier alpha value is -2.36. The van der Waals surface area contributed by atoms with E-state index in [-0.39, 0.29) is 12.5 Å². The van der Waals surface area contributed by atoms with Crippen LogP contribution in [0.15, 0.2) is 47.6 Å². The summed E-state index contributed by atoms with van der Waals surface area (Å²) in [6.45, 7) is 2.20. The molecule has 0 heterocycles. The van der Waals surface area contributed by atoms with Crippen molar-refractivity contribution < 1.29 is 9.53 Å². The highest BCUT2D eigenvalue weighted by atomic mass is 16.5. The van der Waals surface area contributed by atoms with Gasteiger partial charge in [0.1, 0.15) is 5.75 Å². The number of hydrogen-bond donors (Lipinski definition) is 1. The van der Waals surface area contributed by atoms with Crippen molar-refractivity contribution in [3.05, 3.63) is 42.5 Å². The van der Waals surface area contributed by atoms with E-state index in [1.54, 1.807) is 0 Å². The molecular formula is C19H22N2O2. The highest BCUT2D eigenvalue weighted by molar-refractivity contribution is 5.87. The van der Waals surface area contributed by atoms with Crippen molar-refractivity contribution >= 4 is 22.4 Å². The molecule has 1 aliphatic carbocycles. The Morgan fingerprint density at radius 2 is 2.09 bits per heavy atom. The topological polar surface area (TPSA) is 50.7 Å². The van der Waals surface area contributed by atoms with Gasteiger partial charge in [-0.2, -0.15) is 5.10 Å². The number of hydrogen-bond acceptors (Lipinski definition) is 3. The number of carbonyl (C=O) groups excluding carboxylic acids is 1. The van der Waals surface area contributed by atoms with Gasteiger partial charge in [0.25, 0.3) is 5.91 Å². The normalized spacial score (nSPS) is 19.7. The second-order valence-electron chi connectivity index (χ2n) is 6.21. The summed E-state index contributed by atoms with van der Waals surface area (Å²) in [7, 11) is 0. The predicted octanol–water partition coefficient (Wildman–Crippen LogP) is 3.90. The molecule has 0 unspecified atom stereocenters. The number of ether oxygens (including phenoxy) is 1. The van der Waals surface area contributed by atoms with Crippen LogP contribution in [0, 0.1) is 5.92 Å². The van der Waals surface area contributed by atoms with E-state index in [0.717, 1.165) is 35.7 Å². The molecule has 0 saturated heterocycles. The molecule has 1 amide bonds. The van der Waals surface area contributed by atoms with E-state index < -0.39 is 0 Å². The maximum atomic E-state index is 11.9. The number of amides is 1. The van der Waals surface area contributed by atoms with Crippen LogP contribution in [0.2, 0.25) is 0 Å². The summed E-state index contributed by atoms with van der Waals surface area (Å²) in [5.41, 5.74) is 3.69. The molecule has 2 aromatic carbocycles. The van der Waals surface area contributed by atoms with E-state index >= 15 is 0 Å². The Bertz CT molecular complexity index is 724. The zero-order valence-corrected chi connectivity index (χ0v) is 13.4. The Kier molecular flexibility index (Phi) is 4.91. The predicted molar refractivity (Wildman–Crippen MR) is 92.7 cm³/mol. The highest BCUT2D eigenvalue weighted by Gasteiger charge is 2.14. The molecule has 1 atom stereocenters. The lowest BCUT2D eigenvalue weighted by Crippen LogP contribution is -2.27. The molecule has 0 aliphatic heterocycles. The maximum Gasteiger partial charge on any atom is 0.277 e. The fourth-order valence-corrected chi connectivity index (χ4v) is 2.94. The molecule has 0 radical (unpaired) electrons. The Labute approximate surface area is 136 Å². The lowest BCUT2D eigenvalue weighted by atomic mass is 9.89. The quantitative estimate of drug-likeness (QED) is 0.871. The highest BCUT2D eigenvalue weighted by Crippen LogP contribution is 2.21. The van der Waals surface area contributed by atoms with Crippen molar-refractivity contribution in [2.24, 2.45) is 11.0 Å². The SMILES string of the molecule is C[C@H]1CCC/C(=N/NC(=O)COc2ccc3ccccc3c2)C1. The van der Waals surface area contributed by atoms with E-state index in [4.69, 9.17) is 4.74 Å². The largest absolute Gasteiger partial charge is 0.484 e. The smallest absolute Gasteiger partial charge is 0.277 e. The lowest BCUT2D eigenvalue weighted by Gasteiger charge is -2.18.